The van der Waals surface area contributed by atoms with Gasteiger partial charge < -0.3 is 11.1 Å². The van der Waals surface area contributed by atoms with Crippen molar-refractivity contribution in [3.8, 4) is 0 Å². The largest absolute Gasteiger partial charge is 0.386 e. The molecule has 3 atom stereocenters. The average Bonchev–Trinajstić information content (AvgIpc) is 2.67. The Morgan fingerprint density at radius 2 is 2.06 bits per heavy atom. The maximum atomic E-state index is 14.9. The third-order valence-corrected chi connectivity index (χ3v) is 9.04. The van der Waals surface area contributed by atoms with Gasteiger partial charge in [0.25, 0.3) is 5.91 Å². The van der Waals surface area contributed by atoms with E-state index in [-0.39, 0.29) is 17.1 Å². The van der Waals surface area contributed by atoms with Gasteiger partial charge in [0.1, 0.15) is 28.1 Å². The number of amides is 1. The summed E-state index contributed by atoms with van der Waals surface area (Å²) in [6.45, 7) is 3.29. The van der Waals surface area contributed by atoms with Gasteiger partial charge in [-0.25, -0.2) is 17.8 Å². The molecule has 0 spiro atoms. The minimum absolute atomic E-state index is 0.00766. The van der Waals surface area contributed by atoms with E-state index < -0.39 is 37.6 Å². The molecular formula is C21H22ClFN4O3S. The van der Waals surface area contributed by atoms with E-state index in [0.29, 0.717) is 35.5 Å². The number of nitrogens with two attached hydrogens (primary N) is 1. The van der Waals surface area contributed by atoms with Crippen LogP contribution in [0, 0.1) is 12.7 Å². The fraction of sp³-hybridized carbons (Fsp3) is 0.381. The number of pyridine rings is 1. The molecule has 2 aliphatic heterocycles. The topological polar surface area (TPSA) is 115 Å². The van der Waals surface area contributed by atoms with E-state index in [9.17, 15) is 17.6 Å². The number of halogens is 2. The van der Waals surface area contributed by atoms with Crippen molar-refractivity contribution >= 4 is 38.9 Å². The van der Waals surface area contributed by atoms with Crippen LogP contribution >= 0.6 is 11.6 Å². The number of rotatable bonds is 3. The molecule has 0 saturated carbocycles. The van der Waals surface area contributed by atoms with Crippen molar-refractivity contribution in [2.24, 2.45) is 10.7 Å². The summed E-state index contributed by atoms with van der Waals surface area (Å²) >= 11 is 5.89. The van der Waals surface area contributed by atoms with Crippen molar-refractivity contribution in [2.75, 3.05) is 5.32 Å². The zero-order valence-electron chi connectivity index (χ0n) is 17.0. The highest BCUT2D eigenvalue weighted by Crippen LogP contribution is 2.45. The quantitative estimate of drug-likeness (QED) is 0.722. The molecule has 1 aromatic heterocycles. The Morgan fingerprint density at radius 1 is 1.32 bits per heavy atom. The van der Waals surface area contributed by atoms with Crippen LogP contribution in [0.2, 0.25) is 5.02 Å². The summed E-state index contributed by atoms with van der Waals surface area (Å²) < 4.78 is 41.0. The lowest BCUT2D eigenvalue weighted by atomic mass is 9.84. The zero-order valence-corrected chi connectivity index (χ0v) is 18.6. The van der Waals surface area contributed by atoms with Gasteiger partial charge in [-0.05, 0) is 56.5 Å². The first-order valence-electron chi connectivity index (χ1n) is 9.85. The molecule has 31 heavy (non-hydrogen) atoms. The van der Waals surface area contributed by atoms with Crippen LogP contribution in [-0.2, 0) is 15.4 Å². The molecular weight excluding hydrogens is 443 g/mol. The lowest BCUT2D eigenvalue weighted by Gasteiger charge is -2.44. The normalized spacial score (nSPS) is 26.8. The van der Waals surface area contributed by atoms with Crippen LogP contribution in [0.3, 0.4) is 0 Å². The number of carbonyl (C=O) groups is 1. The number of amidine groups is 1. The number of aromatic nitrogens is 1. The van der Waals surface area contributed by atoms with Gasteiger partial charge in [0, 0.05) is 17.4 Å². The monoisotopic (exact) mass is 464 g/mol. The van der Waals surface area contributed by atoms with Crippen LogP contribution in [0.4, 0.5) is 10.1 Å². The highest BCUT2D eigenvalue weighted by atomic mass is 35.5. The van der Waals surface area contributed by atoms with E-state index in [4.69, 9.17) is 17.3 Å². The van der Waals surface area contributed by atoms with Gasteiger partial charge in [-0.2, -0.15) is 0 Å². The van der Waals surface area contributed by atoms with Gasteiger partial charge >= 0.3 is 0 Å². The highest BCUT2D eigenvalue weighted by molar-refractivity contribution is 7.93. The number of carbonyl (C=O) groups excluding carboxylic acids is 1. The molecule has 1 saturated heterocycles. The second-order valence-corrected chi connectivity index (χ2v) is 10.9. The molecule has 2 aromatic rings. The highest BCUT2D eigenvalue weighted by Gasteiger charge is 2.54. The van der Waals surface area contributed by atoms with Crippen LogP contribution < -0.4 is 11.1 Å². The molecule has 164 valence electrons. The zero-order chi connectivity index (χ0) is 22.6. The first-order valence-corrected chi connectivity index (χ1v) is 11.8. The van der Waals surface area contributed by atoms with Crippen LogP contribution in [0.25, 0.3) is 0 Å². The Bertz CT molecular complexity index is 1220. The molecule has 0 unspecified atom stereocenters. The number of benzene rings is 1. The Morgan fingerprint density at radius 3 is 2.77 bits per heavy atom. The van der Waals surface area contributed by atoms with Crippen LogP contribution in [0.5, 0.6) is 0 Å². The van der Waals surface area contributed by atoms with E-state index in [1.54, 1.807) is 19.9 Å². The van der Waals surface area contributed by atoms with Crippen LogP contribution in [-0.4, -0.2) is 35.6 Å². The molecule has 2 bridgehead atoms. The average molecular weight is 465 g/mol. The Kier molecular flexibility index (Phi) is 5.29. The van der Waals surface area contributed by atoms with E-state index in [0.717, 1.165) is 0 Å². The lowest BCUT2D eigenvalue weighted by molar-refractivity contribution is 0.102. The van der Waals surface area contributed by atoms with Gasteiger partial charge in [-0.15, -0.1) is 0 Å². The Hall–Kier alpha value is -2.52. The number of nitrogens with one attached hydrogen (secondary N) is 1. The van der Waals surface area contributed by atoms with Crippen molar-refractivity contribution in [1.29, 1.82) is 0 Å². The number of nitrogens with zero attached hydrogens (tertiary/aromatic N) is 2. The van der Waals surface area contributed by atoms with Crippen molar-refractivity contribution in [3.05, 3.63) is 58.1 Å². The van der Waals surface area contributed by atoms with E-state index >= 15 is 0 Å². The summed E-state index contributed by atoms with van der Waals surface area (Å²) in [7, 11) is -3.61. The van der Waals surface area contributed by atoms with Crippen molar-refractivity contribution in [2.45, 2.75) is 49.1 Å². The number of fused-ring (bicyclic) bond motifs is 2. The van der Waals surface area contributed by atoms with E-state index in [1.165, 1.54) is 24.4 Å². The number of sulfone groups is 1. The van der Waals surface area contributed by atoms with E-state index in [1.807, 2.05) is 0 Å². The molecule has 4 rings (SSSR count). The van der Waals surface area contributed by atoms with Gasteiger partial charge in [0.05, 0.1) is 10.3 Å². The summed E-state index contributed by atoms with van der Waals surface area (Å²) in [6.07, 6.45) is 2.83. The maximum Gasteiger partial charge on any atom is 0.274 e. The number of hydrogen-bond donors (Lipinski definition) is 2. The second kappa shape index (κ2) is 7.56. The molecule has 2 aliphatic rings. The fourth-order valence-corrected chi connectivity index (χ4v) is 7.35. The third kappa shape index (κ3) is 3.59. The molecule has 0 aliphatic carbocycles. The van der Waals surface area contributed by atoms with Gasteiger partial charge in [0.2, 0.25) is 0 Å². The molecule has 1 amide bonds. The molecule has 7 nitrogen and oxygen atoms in total. The minimum atomic E-state index is -3.61. The number of hydrogen-bond acceptors (Lipinski definition) is 6. The summed E-state index contributed by atoms with van der Waals surface area (Å²) in [5.74, 6) is -1.10. The summed E-state index contributed by atoms with van der Waals surface area (Å²) in [5.41, 5.74) is 5.75. The van der Waals surface area contributed by atoms with E-state index in [2.05, 4.69) is 15.3 Å². The first-order chi connectivity index (χ1) is 14.5. The molecule has 3 N–H and O–H groups in total. The predicted octanol–water partition coefficient (Wildman–Crippen LogP) is 3.36. The first kappa shape index (κ1) is 21.7. The number of aliphatic imine (C=N–C) groups is 1. The van der Waals surface area contributed by atoms with Crippen LogP contribution in [0.15, 0.2) is 35.5 Å². The molecule has 3 heterocycles. The molecule has 1 aromatic carbocycles. The van der Waals surface area contributed by atoms with Crippen molar-refractivity contribution in [1.82, 2.24) is 4.98 Å². The van der Waals surface area contributed by atoms with Gasteiger partial charge in [-0.1, -0.05) is 18.0 Å². The minimum Gasteiger partial charge on any atom is -0.386 e. The summed E-state index contributed by atoms with van der Waals surface area (Å²) in [6, 6.07) is 5.62. The SMILES string of the molecule is Cc1cc(Cl)cnc1C(=O)Nc1ccc(F)c([C@@]2(C)N=C(N)[C@H]3CCC[C@H]2S3(=O)=O)c1. The third-order valence-electron chi connectivity index (χ3n) is 6.07. The van der Waals surface area contributed by atoms with Crippen molar-refractivity contribution in [3.63, 3.8) is 0 Å². The fourth-order valence-electron chi connectivity index (χ4n) is 4.54. The Balaban J connectivity index is 1.74. The maximum absolute atomic E-state index is 14.9. The van der Waals surface area contributed by atoms with Gasteiger partial charge in [0.15, 0.2) is 9.84 Å². The predicted molar refractivity (Wildman–Crippen MR) is 118 cm³/mol. The van der Waals surface area contributed by atoms with Crippen LogP contribution in [0.1, 0.15) is 47.8 Å². The molecule has 1 fully saturated rings. The number of aryl methyl sites for hydroxylation is 1. The Labute approximate surface area is 184 Å². The molecule has 0 radical (unpaired) electrons. The smallest absolute Gasteiger partial charge is 0.274 e. The van der Waals surface area contributed by atoms with Gasteiger partial charge in [-0.3, -0.25) is 9.79 Å². The number of anilines is 1. The second-order valence-electron chi connectivity index (χ2n) is 8.15. The molecule has 10 heteroatoms. The standard InChI is InChI=1S/C21H22ClFN4O3S/c1-11-8-12(22)10-25-18(11)20(28)26-13-6-7-15(23)14(9-13)21(2)17-5-3-4-16(19(24)27-21)31(17,29)30/h6-10,16-17H,3-5H2,1-2H3,(H2,24,27)(H,26,28)/t16-,17-,21-/m1/s1. The summed E-state index contributed by atoms with van der Waals surface area (Å²) in [5, 5.41) is 1.40. The summed E-state index contributed by atoms with van der Waals surface area (Å²) in [4.78, 5) is 21.2. The lowest BCUT2D eigenvalue weighted by Crippen LogP contribution is -2.57. The van der Waals surface area contributed by atoms with Crippen molar-refractivity contribution < 1.29 is 17.6 Å².